The van der Waals surface area contributed by atoms with E-state index in [0.717, 1.165) is 0 Å². The number of rotatable bonds is 4. The minimum absolute atomic E-state index is 0.0509. The van der Waals surface area contributed by atoms with Crippen LogP contribution in [0.3, 0.4) is 0 Å². The average molecular weight is 372 g/mol. The van der Waals surface area contributed by atoms with E-state index >= 15 is 0 Å². The number of para-hydroxylation sites is 1. The van der Waals surface area contributed by atoms with E-state index in [1.165, 1.54) is 32.4 Å². The van der Waals surface area contributed by atoms with Gasteiger partial charge in [-0.3, -0.25) is 0 Å². The van der Waals surface area contributed by atoms with Crippen LogP contribution >= 0.6 is 11.6 Å². The Balaban J connectivity index is 2.14. The van der Waals surface area contributed by atoms with Gasteiger partial charge in [0.1, 0.15) is 5.82 Å². The molecule has 132 valence electrons. The molecule has 0 aliphatic carbocycles. The number of hydrogen-bond acceptors (Lipinski definition) is 7. The maximum atomic E-state index is 12.1. The second-order valence-electron chi connectivity index (χ2n) is 5.23. The summed E-state index contributed by atoms with van der Waals surface area (Å²) in [5, 5.41) is 3.80. The van der Waals surface area contributed by atoms with Gasteiger partial charge in [0, 0.05) is 5.39 Å². The van der Waals surface area contributed by atoms with E-state index in [4.69, 9.17) is 21.1 Å². The highest BCUT2D eigenvalue weighted by Crippen LogP contribution is 2.28. The Bertz CT molecular complexity index is 1010. The number of fused-ring (bicyclic) bond motifs is 1. The predicted molar refractivity (Wildman–Crippen MR) is 97.0 cm³/mol. The lowest BCUT2D eigenvalue weighted by Gasteiger charge is -2.13. The van der Waals surface area contributed by atoms with E-state index in [1.807, 2.05) is 18.2 Å². The van der Waals surface area contributed by atoms with Crippen LogP contribution in [-0.2, 0) is 9.47 Å². The molecule has 1 aromatic heterocycles. The lowest BCUT2D eigenvalue weighted by atomic mass is 10.1. The minimum Gasteiger partial charge on any atom is -0.465 e. The van der Waals surface area contributed by atoms with Gasteiger partial charge in [0.15, 0.2) is 0 Å². The quantitative estimate of drug-likeness (QED) is 0.553. The van der Waals surface area contributed by atoms with Crippen molar-refractivity contribution in [2.24, 2.45) is 0 Å². The van der Waals surface area contributed by atoms with Crippen LogP contribution in [0, 0.1) is 0 Å². The van der Waals surface area contributed by atoms with Crippen LogP contribution in [0.5, 0.6) is 0 Å². The van der Waals surface area contributed by atoms with Gasteiger partial charge in [-0.15, -0.1) is 0 Å². The van der Waals surface area contributed by atoms with Crippen LogP contribution in [0.25, 0.3) is 10.9 Å². The number of anilines is 2. The molecule has 1 N–H and O–H groups in total. The highest BCUT2D eigenvalue weighted by molar-refractivity contribution is 6.28. The predicted octanol–water partition coefficient (Wildman–Crippen LogP) is 3.60. The van der Waals surface area contributed by atoms with Crippen molar-refractivity contribution in [1.29, 1.82) is 0 Å². The fraction of sp³-hybridized carbons (Fsp3) is 0.111. The Morgan fingerprint density at radius 2 is 1.73 bits per heavy atom. The molecule has 0 bridgehead atoms. The molecule has 0 radical (unpaired) electrons. The van der Waals surface area contributed by atoms with Gasteiger partial charge in [0.2, 0.25) is 5.28 Å². The van der Waals surface area contributed by atoms with E-state index in [-0.39, 0.29) is 16.4 Å². The zero-order valence-corrected chi connectivity index (χ0v) is 14.7. The van der Waals surface area contributed by atoms with Crippen LogP contribution in [-0.4, -0.2) is 36.1 Å². The first-order chi connectivity index (χ1) is 12.5. The van der Waals surface area contributed by atoms with Crippen molar-refractivity contribution in [1.82, 2.24) is 9.97 Å². The van der Waals surface area contributed by atoms with Crippen LogP contribution in [0.2, 0.25) is 5.28 Å². The van der Waals surface area contributed by atoms with Crippen LogP contribution in [0.15, 0.2) is 42.5 Å². The third-order valence-electron chi connectivity index (χ3n) is 3.67. The number of halogens is 1. The highest BCUT2D eigenvalue weighted by atomic mass is 35.5. The Morgan fingerprint density at radius 3 is 2.46 bits per heavy atom. The van der Waals surface area contributed by atoms with E-state index in [0.29, 0.717) is 22.4 Å². The summed E-state index contributed by atoms with van der Waals surface area (Å²) in [7, 11) is 2.55. The van der Waals surface area contributed by atoms with Crippen LogP contribution in [0.1, 0.15) is 20.7 Å². The molecule has 0 aliphatic rings. The molecule has 7 nitrogen and oxygen atoms in total. The van der Waals surface area contributed by atoms with Crippen molar-refractivity contribution >= 4 is 45.9 Å². The Labute approximate surface area is 153 Å². The maximum absolute atomic E-state index is 12.1. The molecule has 0 saturated carbocycles. The SMILES string of the molecule is COC(=O)c1ccc(C(=O)OC)c(Nc2nc(Cl)nc3ccccc23)c1. The molecule has 1 heterocycles. The van der Waals surface area contributed by atoms with Gasteiger partial charge in [-0.05, 0) is 41.9 Å². The smallest absolute Gasteiger partial charge is 0.339 e. The molecule has 0 atom stereocenters. The zero-order chi connectivity index (χ0) is 18.7. The summed E-state index contributed by atoms with van der Waals surface area (Å²) in [6.07, 6.45) is 0. The fourth-order valence-corrected chi connectivity index (χ4v) is 2.63. The number of esters is 2. The van der Waals surface area contributed by atoms with Gasteiger partial charge in [-0.25, -0.2) is 14.6 Å². The fourth-order valence-electron chi connectivity index (χ4n) is 2.45. The first-order valence-electron chi connectivity index (χ1n) is 7.53. The van der Waals surface area contributed by atoms with Gasteiger partial charge in [0.25, 0.3) is 0 Å². The first kappa shape index (κ1) is 17.6. The second kappa shape index (κ2) is 7.37. The van der Waals surface area contributed by atoms with E-state index < -0.39 is 11.9 Å². The van der Waals surface area contributed by atoms with Crippen molar-refractivity contribution in [3.05, 3.63) is 58.9 Å². The second-order valence-corrected chi connectivity index (χ2v) is 5.56. The monoisotopic (exact) mass is 371 g/mol. The molecule has 0 fully saturated rings. The normalized spacial score (nSPS) is 10.4. The number of nitrogens with zero attached hydrogens (tertiary/aromatic N) is 2. The van der Waals surface area contributed by atoms with E-state index in [1.54, 1.807) is 6.07 Å². The van der Waals surface area contributed by atoms with Crippen LogP contribution in [0.4, 0.5) is 11.5 Å². The molecule has 0 unspecified atom stereocenters. The lowest BCUT2D eigenvalue weighted by Crippen LogP contribution is -2.09. The molecule has 0 amide bonds. The number of carbonyl (C=O) groups excluding carboxylic acids is 2. The zero-order valence-electron chi connectivity index (χ0n) is 13.9. The van der Waals surface area contributed by atoms with Crippen molar-refractivity contribution < 1.29 is 19.1 Å². The Morgan fingerprint density at radius 1 is 1.00 bits per heavy atom. The molecule has 3 aromatic rings. The Hall–Kier alpha value is -3.19. The van der Waals surface area contributed by atoms with Gasteiger partial charge in [-0.2, -0.15) is 4.98 Å². The number of hydrogen-bond donors (Lipinski definition) is 1. The van der Waals surface area contributed by atoms with Gasteiger partial charge >= 0.3 is 11.9 Å². The lowest BCUT2D eigenvalue weighted by molar-refractivity contribution is 0.0587. The summed E-state index contributed by atoms with van der Waals surface area (Å²) in [6.45, 7) is 0. The summed E-state index contributed by atoms with van der Waals surface area (Å²) < 4.78 is 9.53. The van der Waals surface area contributed by atoms with Gasteiger partial charge in [0.05, 0.1) is 36.6 Å². The number of carbonyl (C=O) groups is 2. The highest BCUT2D eigenvalue weighted by Gasteiger charge is 2.17. The molecule has 8 heteroatoms. The summed E-state index contributed by atoms with van der Waals surface area (Å²) >= 11 is 6.00. The molecule has 0 saturated heterocycles. The summed E-state index contributed by atoms with van der Waals surface area (Å²) in [6, 6.07) is 11.7. The third-order valence-corrected chi connectivity index (χ3v) is 3.84. The number of ether oxygens (including phenoxy) is 2. The molecular formula is C18H14ClN3O4. The topological polar surface area (TPSA) is 90.4 Å². The molecule has 0 aliphatic heterocycles. The molecule has 3 rings (SSSR count). The first-order valence-corrected chi connectivity index (χ1v) is 7.91. The number of benzene rings is 2. The van der Waals surface area contributed by atoms with Crippen LogP contribution < -0.4 is 5.32 Å². The summed E-state index contributed by atoms with van der Waals surface area (Å²) in [4.78, 5) is 32.2. The summed E-state index contributed by atoms with van der Waals surface area (Å²) in [5.41, 5.74) is 1.48. The van der Waals surface area contributed by atoms with Crippen molar-refractivity contribution in [2.75, 3.05) is 19.5 Å². The molecule has 2 aromatic carbocycles. The van der Waals surface area contributed by atoms with Crippen molar-refractivity contribution in [2.45, 2.75) is 0 Å². The number of nitrogens with one attached hydrogen (secondary N) is 1. The number of methoxy groups -OCH3 is 2. The molecule has 26 heavy (non-hydrogen) atoms. The van der Waals surface area contributed by atoms with Crippen molar-refractivity contribution in [3.8, 4) is 0 Å². The maximum Gasteiger partial charge on any atom is 0.339 e. The van der Waals surface area contributed by atoms with Gasteiger partial charge in [-0.1, -0.05) is 12.1 Å². The third kappa shape index (κ3) is 3.43. The minimum atomic E-state index is -0.562. The van der Waals surface area contributed by atoms with E-state index in [2.05, 4.69) is 15.3 Å². The number of aromatic nitrogens is 2. The van der Waals surface area contributed by atoms with Crippen molar-refractivity contribution in [3.63, 3.8) is 0 Å². The molecule has 0 spiro atoms. The summed E-state index contributed by atoms with van der Waals surface area (Å²) in [5.74, 6) is -0.698. The van der Waals surface area contributed by atoms with Gasteiger partial charge < -0.3 is 14.8 Å². The largest absolute Gasteiger partial charge is 0.465 e. The molecular weight excluding hydrogens is 358 g/mol. The standard InChI is InChI=1S/C18H14ClN3O4/c1-25-16(23)10-7-8-12(17(24)26-2)14(9-10)20-15-11-5-3-4-6-13(11)21-18(19)22-15/h3-9H,1-2H3,(H,20,21,22). The van der Waals surface area contributed by atoms with E-state index in [9.17, 15) is 9.59 Å². The Kier molecular flexibility index (Phi) is 4.99. The average Bonchev–Trinajstić information content (AvgIpc) is 2.66.